The molecule has 0 saturated heterocycles. The van der Waals surface area contributed by atoms with Crippen molar-refractivity contribution in [2.24, 2.45) is 5.73 Å². The van der Waals surface area contributed by atoms with E-state index in [4.69, 9.17) is 14.7 Å². The lowest BCUT2D eigenvalue weighted by molar-refractivity contribution is 0.157. The topological polar surface area (TPSA) is 114 Å². The van der Waals surface area contributed by atoms with E-state index in [-0.39, 0.29) is 35.7 Å². The lowest BCUT2D eigenvalue weighted by Gasteiger charge is -2.17. The number of benzene rings is 1. The number of carbonyl (C=O) groups is 1. The van der Waals surface area contributed by atoms with Crippen molar-refractivity contribution in [1.29, 1.82) is 0 Å². The van der Waals surface area contributed by atoms with Gasteiger partial charge in [-0.05, 0) is 19.8 Å². The van der Waals surface area contributed by atoms with E-state index in [1.54, 1.807) is 27.7 Å². The minimum Gasteiger partial charge on any atom is -0.449 e. The Balaban J connectivity index is 2.55. The third kappa shape index (κ3) is 5.43. The normalized spacial score (nSPS) is 11.9. The second kappa shape index (κ2) is 8.76. The summed E-state index contributed by atoms with van der Waals surface area (Å²) < 4.78 is 64.1. The fourth-order valence-corrected chi connectivity index (χ4v) is 4.32. The lowest BCUT2D eigenvalue weighted by atomic mass is 10.1. The molecule has 0 radical (unpaired) electrons. The third-order valence-electron chi connectivity index (χ3n) is 3.88. The molecule has 1 heterocycles. The smallest absolute Gasteiger partial charge is 0.404 e. The Morgan fingerprint density at radius 3 is 2.24 bits per heavy atom. The number of imidazole rings is 1. The number of hydrogen-bond acceptors (Lipinski definition) is 6. The molecule has 0 aliphatic heterocycles. The molecule has 0 spiro atoms. The van der Waals surface area contributed by atoms with E-state index in [2.05, 4.69) is 4.98 Å². The number of primary amides is 1. The highest BCUT2D eigenvalue weighted by Gasteiger charge is 2.32. The van der Waals surface area contributed by atoms with Crippen molar-refractivity contribution in [1.82, 2.24) is 9.55 Å². The van der Waals surface area contributed by atoms with Gasteiger partial charge in [0.1, 0.15) is 29.8 Å². The molecule has 2 rings (SSSR count). The van der Waals surface area contributed by atoms with E-state index >= 15 is 0 Å². The van der Waals surface area contributed by atoms with Crippen LogP contribution >= 0.6 is 0 Å². The minimum atomic E-state index is -4.48. The first kappa shape index (κ1) is 22.6. The van der Waals surface area contributed by atoms with Crippen LogP contribution in [0.4, 0.5) is 13.6 Å². The molecule has 0 bridgehead atoms. The Morgan fingerprint density at radius 2 is 1.76 bits per heavy atom. The van der Waals surface area contributed by atoms with Crippen molar-refractivity contribution < 1.29 is 30.9 Å². The molecular weight excluding hydrogens is 408 g/mol. The van der Waals surface area contributed by atoms with Crippen LogP contribution in [0.15, 0.2) is 23.2 Å². The molecule has 2 aromatic rings. The number of ether oxygens (including phenoxy) is 1. The summed E-state index contributed by atoms with van der Waals surface area (Å²) in [5, 5.41) is -0.221. The number of halogens is 2. The number of carbonyl (C=O) groups excluding carboxylic acids is 1. The molecule has 8 nitrogen and oxygen atoms in total. The minimum absolute atomic E-state index is 0.0912. The maximum Gasteiger partial charge on any atom is 0.404 e. The maximum absolute atomic E-state index is 13.4. The molecule has 160 valence electrons. The molecule has 0 fully saturated rings. The standard InChI is InChI=1S/C18H23F2N3O5S/c1-10(2)16-17(23(11(3)4)15(22-16)5-6-27-18(21)24)29(25,26)28-14-8-12(19)7-13(20)9-14/h7-11H,5-6H2,1-4H3,(H2,21,24). The summed E-state index contributed by atoms with van der Waals surface area (Å²) in [5.74, 6) is -2.39. The first-order valence-corrected chi connectivity index (χ1v) is 10.3. The van der Waals surface area contributed by atoms with Gasteiger partial charge in [-0.3, -0.25) is 0 Å². The second-order valence-electron chi connectivity index (χ2n) is 6.90. The number of nitrogens with two attached hydrogens (primary N) is 1. The molecule has 0 aliphatic carbocycles. The van der Waals surface area contributed by atoms with Gasteiger partial charge in [0.2, 0.25) is 0 Å². The van der Waals surface area contributed by atoms with Crippen LogP contribution in [0.5, 0.6) is 5.75 Å². The molecule has 2 N–H and O–H groups in total. The predicted molar refractivity (Wildman–Crippen MR) is 100 cm³/mol. The van der Waals surface area contributed by atoms with E-state index in [1.807, 2.05) is 0 Å². The van der Waals surface area contributed by atoms with Gasteiger partial charge in [0, 0.05) is 30.7 Å². The Hall–Kier alpha value is -2.69. The van der Waals surface area contributed by atoms with Gasteiger partial charge >= 0.3 is 16.2 Å². The SMILES string of the molecule is CC(C)c1nc(CCOC(N)=O)n(C(C)C)c1S(=O)(=O)Oc1cc(F)cc(F)c1. The van der Waals surface area contributed by atoms with Crippen molar-refractivity contribution in [3.63, 3.8) is 0 Å². The second-order valence-corrected chi connectivity index (χ2v) is 8.36. The van der Waals surface area contributed by atoms with Gasteiger partial charge in [-0.1, -0.05) is 13.8 Å². The summed E-state index contributed by atoms with van der Waals surface area (Å²) in [7, 11) is -4.48. The van der Waals surface area contributed by atoms with Crippen LogP contribution in [0.2, 0.25) is 0 Å². The predicted octanol–water partition coefficient (Wildman–Crippen LogP) is 3.27. The van der Waals surface area contributed by atoms with Crippen molar-refractivity contribution in [3.05, 3.63) is 41.4 Å². The van der Waals surface area contributed by atoms with E-state index in [1.165, 1.54) is 4.57 Å². The molecule has 0 atom stereocenters. The van der Waals surface area contributed by atoms with E-state index < -0.39 is 33.6 Å². The molecular formula is C18H23F2N3O5S. The first-order valence-electron chi connectivity index (χ1n) is 8.86. The molecule has 0 saturated carbocycles. The fourth-order valence-electron chi connectivity index (χ4n) is 2.80. The summed E-state index contributed by atoms with van der Waals surface area (Å²) in [6, 6.07) is 1.80. The highest BCUT2D eigenvalue weighted by molar-refractivity contribution is 7.87. The Bertz CT molecular complexity index is 983. The average molecular weight is 431 g/mol. The highest BCUT2D eigenvalue weighted by atomic mass is 32.2. The summed E-state index contributed by atoms with van der Waals surface area (Å²) in [5.41, 5.74) is 5.18. The maximum atomic E-state index is 13.4. The summed E-state index contributed by atoms with van der Waals surface area (Å²) in [6.07, 6.45) is -0.841. The van der Waals surface area contributed by atoms with Gasteiger partial charge < -0.3 is 19.2 Å². The van der Waals surface area contributed by atoms with Crippen LogP contribution < -0.4 is 9.92 Å². The number of rotatable bonds is 8. The molecule has 0 unspecified atom stereocenters. The molecule has 11 heteroatoms. The quantitative estimate of drug-likeness (QED) is 0.642. The van der Waals surface area contributed by atoms with Gasteiger partial charge in [-0.25, -0.2) is 18.6 Å². The van der Waals surface area contributed by atoms with Gasteiger partial charge in [0.25, 0.3) is 0 Å². The van der Waals surface area contributed by atoms with Gasteiger partial charge in [-0.2, -0.15) is 8.42 Å². The third-order valence-corrected chi connectivity index (χ3v) is 5.17. The zero-order valence-corrected chi connectivity index (χ0v) is 17.3. The average Bonchev–Trinajstić information content (AvgIpc) is 2.94. The summed E-state index contributed by atoms with van der Waals surface area (Å²) >= 11 is 0. The van der Waals surface area contributed by atoms with Gasteiger partial charge in [0.15, 0.2) is 5.03 Å². The van der Waals surface area contributed by atoms with Crippen LogP contribution in [0.25, 0.3) is 0 Å². The molecule has 0 aliphatic rings. The Labute approximate surface area is 167 Å². The van der Waals surface area contributed by atoms with E-state index in [0.29, 0.717) is 11.9 Å². The largest absolute Gasteiger partial charge is 0.449 e. The fraction of sp³-hybridized carbons (Fsp3) is 0.444. The van der Waals surface area contributed by atoms with E-state index in [9.17, 15) is 22.0 Å². The van der Waals surface area contributed by atoms with E-state index in [0.717, 1.165) is 12.1 Å². The Morgan fingerprint density at radius 1 is 1.17 bits per heavy atom. The number of aromatic nitrogens is 2. The highest BCUT2D eigenvalue weighted by Crippen LogP contribution is 2.31. The van der Waals surface area contributed by atoms with Crippen LogP contribution in [0.1, 0.15) is 51.2 Å². The number of nitrogens with zero attached hydrogens (tertiary/aromatic N) is 2. The molecule has 1 aromatic heterocycles. The lowest BCUT2D eigenvalue weighted by Crippen LogP contribution is -2.21. The van der Waals surface area contributed by atoms with Crippen molar-refractivity contribution in [3.8, 4) is 5.75 Å². The van der Waals surface area contributed by atoms with Crippen LogP contribution in [0, 0.1) is 11.6 Å². The number of amides is 1. The van der Waals surface area contributed by atoms with Gasteiger partial charge in [0.05, 0.1) is 5.69 Å². The van der Waals surface area contributed by atoms with Crippen molar-refractivity contribution in [2.45, 2.75) is 51.1 Å². The molecule has 1 amide bonds. The zero-order chi connectivity index (χ0) is 21.9. The molecule has 1 aromatic carbocycles. The van der Waals surface area contributed by atoms with Gasteiger partial charge in [-0.15, -0.1) is 0 Å². The summed E-state index contributed by atoms with van der Waals surface area (Å²) in [4.78, 5) is 15.2. The zero-order valence-electron chi connectivity index (χ0n) is 16.5. The van der Waals surface area contributed by atoms with Crippen LogP contribution in [-0.4, -0.2) is 30.7 Å². The molecule has 29 heavy (non-hydrogen) atoms. The first-order chi connectivity index (χ1) is 13.4. The van der Waals surface area contributed by atoms with Crippen molar-refractivity contribution in [2.75, 3.05) is 6.61 Å². The van der Waals surface area contributed by atoms with Crippen LogP contribution in [-0.2, 0) is 21.3 Å². The summed E-state index contributed by atoms with van der Waals surface area (Å²) in [6.45, 7) is 6.89. The van der Waals surface area contributed by atoms with Crippen molar-refractivity contribution >= 4 is 16.2 Å². The van der Waals surface area contributed by atoms with Crippen LogP contribution in [0.3, 0.4) is 0 Å². The number of hydrogen-bond donors (Lipinski definition) is 1. The Kier molecular flexibility index (Phi) is 6.83. The monoisotopic (exact) mass is 431 g/mol.